The minimum absolute atomic E-state index is 0.0274. The highest BCUT2D eigenvalue weighted by atomic mass is 16.3. The van der Waals surface area contributed by atoms with Crippen LogP contribution in [0.15, 0.2) is 60.2 Å². The van der Waals surface area contributed by atoms with Crippen LogP contribution in [0.1, 0.15) is 144 Å². The van der Waals surface area contributed by atoms with Gasteiger partial charge in [-0.05, 0) is 107 Å². The number of nitrogens with one attached hydrogen (secondary N) is 1. The quantitative estimate of drug-likeness (QED) is 0.199. The van der Waals surface area contributed by atoms with Gasteiger partial charge in [-0.15, -0.1) is 0 Å². The van der Waals surface area contributed by atoms with Crippen LogP contribution >= 0.6 is 0 Å². The molecule has 256 valence electrons. The number of urea groups is 1. The predicted octanol–water partition coefficient (Wildman–Crippen LogP) is 8.67. The normalized spacial score (nSPS) is 27.7. The summed E-state index contributed by atoms with van der Waals surface area (Å²) in [6.45, 7) is 9.22. The summed E-state index contributed by atoms with van der Waals surface area (Å²) in [5.41, 5.74) is 3.46. The number of carbonyl (C=O) groups is 2. The van der Waals surface area contributed by atoms with E-state index >= 15 is 0 Å². The number of hydrogen-bond acceptors (Lipinski definition) is 4. The molecule has 5 unspecified atom stereocenters. The van der Waals surface area contributed by atoms with Crippen LogP contribution in [-0.2, 0) is 6.42 Å². The molecule has 0 saturated heterocycles. The van der Waals surface area contributed by atoms with E-state index in [2.05, 4.69) is 50.4 Å². The van der Waals surface area contributed by atoms with Gasteiger partial charge < -0.3 is 20.4 Å². The molecule has 0 heterocycles. The Labute approximate surface area is 283 Å². The third kappa shape index (κ3) is 8.03. The van der Waals surface area contributed by atoms with Gasteiger partial charge in [0, 0.05) is 23.4 Å². The van der Waals surface area contributed by atoms with Crippen molar-refractivity contribution in [1.82, 2.24) is 10.2 Å². The van der Waals surface area contributed by atoms with E-state index in [9.17, 15) is 19.8 Å². The Morgan fingerprint density at radius 1 is 1.02 bits per heavy atom. The van der Waals surface area contributed by atoms with Gasteiger partial charge in [0.25, 0.3) is 0 Å². The third-order valence-corrected chi connectivity index (χ3v) is 11.8. The lowest BCUT2D eigenvalue weighted by atomic mass is 9.64. The van der Waals surface area contributed by atoms with Crippen LogP contribution in [0.25, 0.3) is 0 Å². The average Bonchev–Trinajstić information content (AvgIpc) is 3.32. The van der Waals surface area contributed by atoms with E-state index in [1.54, 1.807) is 0 Å². The fourth-order valence-electron chi connectivity index (χ4n) is 8.74. The molecule has 0 radical (unpaired) electrons. The first kappa shape index (κ1) is 35.3. The lowest BCUT2D eigenvalue weighted by molar-refractivity contribution is -0.0770. The molecule has 4 aliphatic rings. The van der Waals surface area contributed by atoms with Crippen molar-refractivity contribution in [2.75, 3.05) is 13.1 Å². The summed E-state index contributed by atoms with van der Waals surface area (Å²) in [6.07, 6.45) is 12.8. The summed E-state index contributed by atoms with van der Waals surface area (Å²) < 4.78 is 0. The van der Waals surface area contributed by atoms with E-state index < -0.39 is 17.1 Å². The molecule has 2 aromatic rings. The van der Waals surface area contributed by atoms with Gasteiger partial charge in [-0.3, -0.25) is 4.79 Å². The van der Waals surface area contributed by atoms with Crippen LogP contribution in [0, 0.1) is 11.3 Å². The molecule has 5 atom stereocenters. The highest BCUT2D eigenvalue weighted by Crippen LogP contribution is 2.59. The van der Waals surface area contributed by atoms with Gasteiger partial charge >= 0.3 is 6.03 Å². The lowest BCUT2D eigenvalue weighted by Crippen LogP contribution is -2.55. The highest BCUT2D eigenvalue weighted by molar-refractivity contribution is 5.99. The maximum Gasteiger partial charge on any atom is 0.317 e. The highest BCUT2D eigenvalue weighted by Gasteiger charge is 2.57. The molecule has 0 aliphatic heterocycles. The second-order valence-corrected chi connectivity index (χ2v) is 15.2. The smallest absolute Gasteiger partial charge is 0.317 e. The number of allylic oxidation sites excluding steroid dienone is 2. The Morgan fingerprint density at radius 3 is 2.49 bits per heavy atom. The van der Waals surface area contributed by atoms with Gasteiger partial charge in [0.05, 0.1) is 24.3 Å². The number of fused-ring (bicyclic) bond motifs is 8. The first-order valence-corrected chi connectivity index (χ1v) is 18.4. The summed E-state index contributed by atoms with van der Waals surface area (Å²) in [6, 6.07) is 16.0. The second kappa shape index (κ2) is 15.5. The maximum absolute atomic E-state index is 14.3. The molecule has 2 fully saturated rings. The number of aliphatic hydroxyl groups is 2. The molecule has 2 saturated carbocycles. The summed E-state index contributed by atoms with van der Waals surface area (Å²) in [7, 11) is 0. The van der Waals surface area contributed by atoms with Crippen molar-refractivity contribution in [3.05, 3.63) is 82.4 Å². The minimum Gasteiger partial charge on any atom is -0.393 e. The van der Waals surface area contributed by atoms with Gasteiger partial charge in [-0.1, -0.05) is 87.2 Å². The zero-order chi connectivity index (χ0) is 33.6. The van der Waals surface area contributed by atoms with E-state index in [1.165, 1.54) is 12.0 Å². The number of benzene rings is 2. The van der Waals surface area contributed by atoms with Gasteiger partial charge in [0.1, 0.15) is 0 Å². The standard InChI is InChI=1S/C41H58N2O4/c1-5-25-43(39(46)42-30(3)32-14-8-6-9-15-32)28-41(47)24-22-37-35-21-19-31(27-36(35)38(45)33-16-10-7-11-17-33)26-34(44)20-18-29(2)13-12-23-40(37,41)4/h6,8-9,13-15,19,21,27,30,33-34,37,44,47H,5,7,10-12,16-18,20,22-26,28H2,1-4H3,(H,42,46). The number of ketones is 1. The van der Waals surface area contributed by atoms with Crippen molar-refractivity contribution in [1.29, 1.82) is 0 Å². The van der Waals surface area contributed by atoms with E-state index in [0.717, 1.165) is 80.0 Å². The van der Waals surface area contributed by atoms with E-state index in [4.69, 9.17) is 0 Å². The molecule has 0 spiro atoms. The summed E-state index contributed by atoms with van der Waals surface area (Å²) in [4.78, 5) is 29.9. The molecule has 2 bridgehead atoms. The predicted molar refractivity (Wildman–Crippen MR) is 190 cm³/mol. The molecule has 2 amide bonds. The van der Waals surface area contributed by atoms with Crippen molar-refractivity contribution < 1.29 is 19.8 Å². The van der Waals surface area contributed by atoms with Crippen LogP contribution in [0.3, 0.4) is 0 Å². The first-order valence-electron chi connectivity index (χ1n) is 18.4. The SMILES string of the molecule is CCCN(CC1(O)CCC2c3ccc(cc3C(=O)C3CCCCC3)CC(O)CCC(C)=CCCC21C)C(=O)NC(C)c1ccccc1. The van der Waals surface area contributed by atoms with Crippen LogP contribution in [0.5, 0.6) is 0 Å². The van der Waals surface area contributed by atoms with E-state index in [1.807, 2.05) is 42.2 Å². The second-order valence-electron chi connectivity index (χ2n) is 15.2. The van der Waals surface area contributed by atoms with Gasteiger partial charge in [-0.2, -0.15) is 0 Å². The maximum atomic E-state index is 14.3. The molecule has 47 heavy (non-hydrogen) atoms. The molecule has 6 rings (SSSR count). The molecule has 0 aromatic heterocycles. The first-order chi connectivity index (χ1) is 22.5. The fraction of sp³-hybridized carbons (Fsp3) is 0.610. The zero-order valence-electron chi connectivity index (χ0n) is 29.3. The number of rotatable bonds is 8. The Hall–Kier alpha value is -2.96. The number of nitrogens with zero attached hydrogens (tertiary/aromatic N) is 1. The summed E-state index contributed by atoms with van der Waals surface area (Å²) in [5.74, 6) is 0.244. The van der Waals surface area contributed by atoms with E-state index in [0.29, 0.717) is 25.8 Å². The van der Waals surface area contributed by atoms with Gasteiger partial charge in [0.15, 0.2) is 5.78 Å². The van der Waals surface area contributed by atoms with Crippen molar-refractivity contribution in [3.8, 4) is 0 Å². The molecule has 2 aromatic carbocycles. The number of Topliss-reactive ketones (excluding diaryl/α,β-unsaturated/α-hetero) is 1. The van der Waals surface area contributed by atoms with Gasteiger partial charge in [0.2, 0.25) is 0 Å². The number of carbonyl (C=O) groups excluding carboxylic acids is 2. The largest absolute Gasteiger partial charge is 0.393 e. The van der Waals surface area contributed by atoms with Crippen LogP contribution < -0.4 is 5.32 Å². The van der Waals surface area contributed by atoms with Crippen LogP contribution in [0.4, 0.5) is 4.79 Å². The molecule has 6 nitrogen and oxygen atoms in total. The summed E-state index contributed by atoms with van der Waals surface area (Å²) in [5, 5.41) is 26.9. The Balaban J connectivity index is 1.51. The topological polar surface area (TPSA) is 89.9 Å². The molecule has 3 N–H and O–H groups in total. The molecule has 6 heteroatoms. The van der Waals surface area contributed by atoms with Gasteiger partial charge in [-0.25, -0.2) is 4.79 Å². The third-order valence-electron chi connectivity index (χ3n) is 11.8. The lowest BCUT2D eigenvalue weighted by Gasteiger charge is -2.46. The minimum atomic E-state index is -1.13. The number of amides is 2. The number of aliphatic hydroxyl groups excluding tert-OH is 1. The van der Waals surface area contributed by atoms with Crippen molar-refractivity contribution >= 4 is 11.8 Å². The molecule has 4 aliphatic carbocycles. The Morgan fingerprint density at radius 2 is 1.77 bits per heavy atom. The molecular formula is C41H58N2O4. The van der Waals surface area contributed by atoms with Crippen molar-refractivity contribution in [2.24, 2.45) is 11.3 Å². The Bertz CT molecular complexity index is 1400. The average molecular weight is 643 g/mol. The summed E-state index contributed by atoms with van der Waals surface area (Å²) >= 11 is 0. The van der Waals surface area contributed by atoms with E-state index in [-0.39, 0.29) is 36.2 Å². The fourth-order valence-corrected chi connectivity index (χ4v) is 8.74. The number of hydrogen-bond donors (Lipinski definition) is 3. The zero-order valence-corrected chi connectivity index (χ0v) is 29.3. The Kier molecular flexibility index (Phi) is 11.7. The van der Waals surface area contributed by atoms with Crippen LogP contribution in [-0.4, -0.2) is 51.7 Å². The van der Waals surface area contributed by atoms with Crippen LogP contribution in [0.2, 0.25) is 0 Å². The monoisotopic (exact) mass is 642 g/mol. The molecular weight excluding hydrogens is 584 g/mol. The van der Waals surface area contributed by atoms with Crippen molar-refractivity contribution in [3.63, 3.8) is 0 Å². The van der Waals surface area contributed by atoms with Crippen molar-refractivity contribution in [2.45, 2.75) is 135 Å².